The molecule has 1 heterocycles. The molecule has 1 aliphatic heterocycles. The number of hydrogen-bond donors (Lipinski definition) is 2. The maximum absolute atomic E-state index is 11.9. The van der Waals surface area contributed by atoms with Crippen LogP contribution in [-0.2, 0) is 9.53 Å². The third kappa shape index (κ3) is 3.42. The van der Waals surface area contributed by atoms with E-state index in [1.165, 1.54) is 6.42 Å². The summed E-state index contributed by atoms with van der Waals surface area (Å²) in [6.45, 7) is 3.16. The summed E-state index contributed by atoms with van der Waals surface area (Å²) in [5.74, 6) is 0.338. The Morgan fingerprint density at radius 3 is 2.82 bits per heavy atom. The summed E-state index contributed by atoms with van der Waals surface area (Å²) in [5, 5.41) is 12.8. The number of ether oxygens (including phenoxy) is 1. The summed E-state index contributed by atoms with van der Waals surface area (Å²) in [6.07, 6.45) is 4.97. The zero-order chi connectivity index (χ0) is 12.3. The van der Waals surface area contributed by atoms with E-state index in [1.54, 1.807) is 0 Å². The van der Waals surface area contributed by atoms with E-state index in [4.69, 9.17) is 4.74 Å². The normalized spacial score (nSPS) is 38.0. The lowest BCUT2D eigenvalue weighted by Crippen LogP contribution is -2.39. The molecular weight excluding hydrogens is 218 g/mol. The second kappa shape index (κ2) is 5.83. The second-order valence-electron chi connectivity index (χ2n) is 5.43. The summed E-state index contributed by atoms with van der Waals surface area (Å²) in [7, 11) is 0. The van der Waals surface area contributed by atoms with Gasteiger partial charge in [0, 0.05) is 12.5 Å². The van der Waals surface area contributed by atoms with Crippen LogP contribution in [0.2, 0.25) is 0 Å². The molecule has 1 aliphatic carbocycles. The molecule has 1 amide bonds. The maximum Gasteiger partial charge on any atom is 0.225 e. The summed E-state index contributed by atoms with van der Waals surface area (Å²) >= 11 is 0. The van der Waals surface area contributed by atoms with Crippen molar-refractivity contribution in [2.75, 3.05) is 13.2 Å². The molecule has 4 nitrogen and oxygen atoms in total. The van der Waals surface area contributed by atoms with Crippen LogP contribution < -0.4 is 5.32 Å². The predicted octanol–water partition coefficient (Wildman–Crippen LogP) is 1.08. The maximum atomic E-state index is 11.9. The van der Waals surface area contributed by atoms with Gasteiger partial charge in [-0.25, -0.2) is 0 Å². The Morgan fingerprint density at radius 2 is 2.18 bits per heavy atom. The van der Waals surface area contributed by atoms with Crippen LogP contribution in [-0.4, -0.2) is 36.4 Å². The standard InChI is InChI=1S/C13H23NO3/c1-9-6-11(8-17-9)13(16)14-7-10-4-2-3-5-12(10)15/h9-12,15H,2-8H2,1H3,(H,14,16). The highest BCUT2D eigenvalue weighted by Gasteiger charge is 2.29. The zero-order valence-corrected chi connectivity index (χ0v) is 10.5. The lowest BCUT2D eigenvalue weighted by molar-refractivity contribution is -0.125. The van der Waals surface area contributed by atoms with Crippen LogP contribution in [0.15, 0.2) is 0 Å². The molecule has 1 saturated heterocycles. The van der Waals surface area contributed by atoms with E-state index in [2.05, 4.69) is 5.32 Å². The number of rotatable bonds is 3. The van der Waals surface area contributed by atoms with Gasteiger partial charge in [-0.15, -0.1) is 0 Å². The highest BCUT2D eigenvalue weighted by Crippen LogP contribution is 2.24. The van der Waals surface area contributed by atoms with Crippen LogP contribution in [0.5, 0.6) is 0 Å². The number of aliphatic hydroxyl groups excluding tert-OH is 1. The molecule has 0 radical (unpaired) electrons. The molecule has 2 fully saturated rings. The first-order valence-electron chi connectivity index (χ1n) is 6.74. The van der Waals surface area contributed by atoms with Gasteiger partial charge in [0.1, 0.15) is 0 Å². The molecule has 0 aromatic carbocycles. The Bertz CT molecular complexity index is 269. The van der Waals surface area contributed by atoms with Crippen molar-refractivity contribution in [2.24, 2.45) is 11.8 Å². The second-order valence-corrected chi connectivity index (χ2v) is 5.43. The molecule has 2 aliphatic rings. The minimum Gasteiger partial charge on any atom is -0.393 e. The van der Waals surface area contributed by atoms with Crippen LogP contribution in [0.4, 0.5) is 0 Å². The largest absolute Gasteiger partial charge is 0.393 e. The van der Waals surface area contributed by atoms with E-state index in [9.17, 15) is 9.90 Å². The zero-order valence-electron chi connectivity index (χ0n) is 10.5. The van der Waals surface area contributed by atoms with Crippen molar-refractivity contribution in [3.05, 3.63) is 0 Å². The fourth-order valence-corrected chi connectivity index (χ4v) is 2.80. The molecule has 2 N–H and O–H groups in total. The number of amides is 1. The van der Waals surface area contributed by atoms with E-state index in [-0.39, 0.29) is 30.0 Å². The smallest absolute Gasteiger partial charge is 0.225 e. The third-order valence-corrected chi connectivity index (χ3v) is 3.98. The van der Waals surface area contributed by atoms with E-state index < -0.39 is 0 Å². The van der Waals surface area contributed by atoms with Crippen LogP contribution in [0.1, 0.15) is 39.0 Å². The Hall–Kier alpha value is -0.610. The third-order valence-electron chi connectivity index (χ3n) is 3.98. The molecule has 1 saturated carbocycles. The Morgan fingerprint density at radius 1 is 1.41 bits per heavy atom. The average molecular weight is 241 g/mol. The summed E-state index contributed by atoms with van der Waals surface area (Å²) in [5.41, 5.74) is 0. The summed E-state index contributed by atoms with van der Waals surface area (Å²) in [6, 6.07) is 0. The van der Waals surface area contributed by atoms with E-state index in [0.29, 0.717) is 13.2 Å². The van der Waals surface area contributed by atoms with Gasteiger partial charge in [-0.1, -0.05) is 12.8 Å². The monoisotopic (exact) mass is 241 g/mol. The number of nitrogens with one attached hydrogen (secondary N) is 1. The van der Waals surface area contributed by atoms with Gasteiger partial charge in [-0.2, -0.15) is 0 Å². The molecule has 4 heteroatoms. The Labute approximate surface area is 103 Å². The van der Waals surface area contributed by atoms with Crippen molar-refractivity contribution in [3.8, 4) is 0 Å². The Kier molecular flexibility index (Phi) is 4.40. The molecule has 4 atom stereocenters. The molecule has 0 bridgehead atoms. The van der Waals surface area contributed by atoms with Gasteiger partial charge in [0.05, 0.1) is 24.7 Å². The van der Waals surface area contributed by atoms with Crippen molar-refractivity contribution >= 4 is 5.91 Å². The SMILES string of the molecule is CC1CC(C(=O)NCC2CCCCC2O)CO1. The molecule has 98 valence electrons. The fraction of sp³-hybridized carbons (Fsp3) is 0.923. The van der Waals surface area contributed by atoms with Crippen molar-refractivity contribution in [1.29, 1.82) is 0 Å². The van der Waals surface area contributed by atoms with Gasteiger partial charge in [0.2, 0.25) is 5.91 Å². The average Bonchev–Trinajstić information content (AvgIpc) is 2.74. The van der Waals surface area contributed by atoms with Crippen LogP contribution >= 0.6 is 0 Å². The number of carbonyl (C=O) groups excluding carboxylic acids is 1. The molecule has 2 rings (SSSR count). The Balaban J connectivity index is 1.72. The first kappa shape index (κ1) is 12.8. The van der Waals surface area contributed by atoms with Crippen molar-refractivity contribution < 1.29 is 14.6 Å². The van der Waals surface area contributed by atoms with Gasteiger partial charge in [-0.3, -0.25) is 4.79 Å². The van der Waals surface area contributed by atoms with Crippen LogP contribution in [0.3, 0.4) is 0 Å². The predicted molar refractivity (Wildman–Crippen MR) is 64.5 cm³/mol. The first-order chi connectivity index (χ1) is 8.16. The van der Waals surface area contributed by atoms with Gasteiger partial charge in [0.15, 0.2) is 0 Å². The molecule has 4 unspecified atom stereocenters. The van der Waals surface area contributed by atoms with E-state index in [0.717, 1.165) is 25.7 Å². The van der Waals surface area contributed by atoms with Gasteiger partial charge in [-0.05, 0) is 26.2 Å². The van der Waals surface area contributed by atoms with Crippen LogP contribution in [0, 0.1) is 11.8 Å². The van der Waals surface area contributed by atoms with Gasteiger partial charge < -0.3 is 15.2 Å². The van der Waals surface area contributed by atoms with Gasteiger partial charge in [0.25, 0.3) is 0 Å². The topological polar surface area (TPSA) is 58.6 Å². The fourth-order valence-electron chi connectivity index (χ4n) is 2.80. The number of carbonyl (C=O) groups is 1. The minimum atomic E-state index is -0.234. The molecule has 0 aromatic rings. The van der Waals surface area contributed by atoms with Crippen molar-refractivity contribution in [3.63, 3.8) is 0 Å². The molecular formula is C13H23NO3. The molecule has 17 heavy (non-hydrogen) atoms. The highest BCUT2D eigenvalue weighted by molar-refractivity contribution is 5.79. The minimum absolute atomic E-state index is 0.00531. The van der Waals surface area contributed by atoms with Crippen molar-refractivity contribution in [1.82, 2.24) is 5.32 Å². The number of aliphatic hydroxyl groups is 1. The van der Waals surface area contributed by atoms with Crippen molar-refractivity contribution in [2.45, 2.75) is 51.2 Å². The summed E-state index contributed by atoms with van der Waals surface area (Å²) < 4.78 is 5.39. The molecule has 0 aromatic heterocycles. The molecule has 0 spiro atoms. The highest BCUT2D eigenvalue weighted by atomic mass is 16.5. The lowest BCUT2D eigenvalue weighted by atomic mass is 9.86. The van der Waals surface area contributed by atoms with E-state index in [1.807, 2.05) is 6.92 Å². The first-order valence-corrected chi connectivity index (χ1v) is 6.74. The van der Waals surface area contributed by atoms with E-state index >= 15 is 0 Å². The van der Waals surface area contributed by atoms with Crippen LogP contribution in [0.25, 0.3) is 0 Å². The number of hydrogen-bond acceptors (Lipinski definition) is 3. The summed E-state index contributed by atoms with van der Waals surface area (Å²) in [4.78, 5) is 11.9. The lowest BCUT2D eigenvalue weighted by Gasteiger charge is -2.27. The van der Waals surface area contributed by atoms with Gasteiger partial charge >= 0.3 is 0 Å². The quantitative estimate of drug-likeness (QED) is 0.777.